The van der Waals surface area contributed by atoms with Crippen molar-refractivity contribution in [3.05, 3.63) is 98.5 Å². The van der Waals surface area contributed by atoms with Gasteiger partial charge >= 0.3 is 5.97 Å². The van der Waals surface area contributed by atoms with Gasteiger partial charge in [0.2, 0.25) is 5.43 Å². The number of nitrogens with zero attached hydrogens (tertiary/aromatic N) is 4. The average molecular weight is 517 g/mol. The van der Waals surface area contributed by atoms with Crippen LogP contribution in [0.1, 0.15) is 63.0 Å². The first-order valence-electron chi connectivity index (χ1n) is 13.0. The second-order valence-corrected chi connectivity index (χ2v) is 9.70. The molecular weight excluding hydrogens is 484 g/mol. The van der Waals surface area contributed by atoms with E-state index in [2.05, 4.69) is 43.0 Å². The monoisotopic (exact) mass is 516 g/mol. The molecule has 0 saturated carbocycles. The van der Waals surface area contributed by atoms with Crippen LogP contribution in [0, 0.1) is 0 Å². The van der Waals surface area contributed by atoms with Crippen molar-refractivity contribution in [1.29, 1.82) is 0 Å². The van der Waals surface area contributed by atoms with Gasteiger partial charge in [-0.2, -0.15) is 0 Å². The Morgan fingerprint density at radius 3 is 2.11 bits per heavy atom. The Bertz CT molecular complexity index is 1400. The fourth-order valence-electron chi connectivity index (χ4n) is 5.60. The van der Waals surface area contributed by atoms with Crippen LogP contribution in [0.5, 0.6) is 5.75 Å². The van der Waals surface area contributed by atoms with Crippen LogP contribution in [-0.4, -0.2) is 69.4 Å². The molecule has 1 aromatic heterocycles. The number of pyridine rings is 1. The SMILES string of the molecule is CCN(CC)CCN1CN(C2c3ccccc3CCc3ccccc32)n2cc(C(=O)O)c(=O)c(O)c2C1=O. The number of benzene rings is 2. The predicted molar refractivity (Wildman–Crippen MR) is 143 cm³/mol. The molecule has 5 rings (SSSR count). The van der Waals surface area contributed by atoms with Crippen LogP contribution in [0.4, 0.5) is 0 Å². The van der Waals surface area contributed by atoms with Gasteiger partial charge in [0.05, 0.1) is 6.04 Å². The molecule has 198 valence electrons. The van der Waals surface area contributed by atoms with E-state index in [1.165, 1.54) is 10.9 Å². The van der Waals surface area contributed by atoms with Crippen molar-refractivity contribution in [2.75, 3.05) is 37.9 Å². The van der Waals surface area contributed by atoms with Gasteiger partial charge in [-0.25, -0.2) is 4.79 Å². The van der Waals surface area contributed by atoms with Crippen LogP contribution in [0.3, 0.4) is 0 Å². The van der Waals surface area contributed by atoms with Crippen molar-refractivity contribution in [2.45, 2.75) is 32.7 Å². The number of likely N-dealkylation sites (N-methyl/N-ethyl adjacent to an activating group) is 1. The molecule has 0 fully saturated rings. The summed E-state index contributed by atoms with van der Waals surface area (Å²) in [4.78, 5) is 42.2. The lowest BCUT2D eigenvalue weighted by atomic mass is 9.94. The highest BCUT2D eigenvalue weighted by Crippen LogP contribution is 2.38. The van der Waals surface area contributed by atoms with Gasteiger partial charge in [-0.3, -0.25) is 19.3 Å². The third-order valence-electron chi connectivity index (χ3n) is 7.72. The quantitative estimate of drug-likeness (QED) is 0.497. The molecule has 9 heteroatoms. The zero-order valence-electron chi connectivity index (χ0n) is 21.6. The van der Waals surface area contributed by atoms with E-state index in [1.54, 1.807) is 4.90 Å². The van der Waals surface area contributed by atoms with E-state index in [-0.39, 0.29) is 18.4 Å². The molecule has 2 N–H and O–H groups in total. The summed E-state index contributed by atoms with van der Waals surface area (Å²) in [6.07, 6.45) is 2.85. The summed E-state index contributed by atoms with van der Waals surface area (Å²) < 4.78 is 1.39. The number of aromatic nitrogens is 1. The minimum Gasteiger partial charge on any atom is -0.502 e. The van der Waals surface area contributed by atoms with E-state index in [0.717, 1.165) is 48.2 Å². The highest BCUT2D eigenvalue weighted by molar-refractivity contribution is 5.98. The van der Waals surface area contributed by atoms with Gasteiger partial charge in [0.25, 0.3) is 5.91 Å². The summed E-state index contributed by atoms with van der Waals surface area (Å²) in [6, 6.07) is 15.9. The molecule has 2 heterocycles. The molecule has 0 bridgehead atoms. The molecule has 9 nitrogen and oxygen atoms in total. The number of rotatable bonds is 7. The summed E-state index contributed by atoms with van der Waals surface area (Å²) in [6.45, 7) is 6.94. The molecular formula is C29H32N4O5. The maximum Gasteiger partial charge on any atom is 0.341 e. The molecule has 38 heavy (non-hydrogen) atoms. The van der Waals surface area contributed by atoms with Gasteiger partial charge in [0.1, 0.15) is 12.2 Å². The first kappa shape index (κ1) is 25.5. The number of carboxylic acid groups (broad SMARTS) is 1. The number of aromatic carboxylic acids is 1. The standard InChI is InChI=1S/C29H32N4O5/c1-3-30(4-2)15-16-31-18-33(32-17-23(29(37)38)26(34)27(35)25(32)28(31)36)24-21-11-7-5-9-19(21)13-14-20-10-6-8-12-22(20)24/h5-12,17,24,35H,3-4,13-16,18H2,1-2H3,(H,37,38). The number of carboxylic acids is 1. The predicted octanol–water partition coefficient (Wildman–Crippen LogP) is 2.83. The van der Waals surface area contributed by atoms with Gasteiger partial charge in [0.15, 0.2) is 11.4 Å². The first-order chi connectivity index (χ1) is 18.3. The molecule has 1 aliphatic heterocycles. The van der Waals surface area contributed by atoms with Crippen molar-refractivity contribution in [1.82, 2.24) is 14.5 Å². The van der Waals surface area contributed by atoms with Crippen molar-refractivity contribution in [3.63, 3.8) is 0 Å². The third-order valence-corrected chi connectivity index (χ3v) is 7.72. The highest BCUT2D eigenvalue weighted by atomic mass is 16.4. The number of aromatic hydroxyl groups is 1. The normalized spacial score (nSPS) is 15.2. The fourth-order valence-corrected chi connectivity index (χ4v) is 5.60. The van der Waals surface area contributed by atoms with Crippen molar-refractivity contribution >= 4 is 11.9 Å². The van der Waals surface area contributed by atoms with Crippen LogP contribution in [0.2, 0.25) is 0 Å². The van der Waals surface area contributed by atoms with Crippen LogP contribution >= 0.6 is 0 Å². The molecule has 1 aliphatic carbocycles. The summed E-state index contributed by atoms with van der Waals surface area (Å²) >= 11 is 0. The van der Waals surface area contributed by atoms with Crippen LogP contribution < -0.4 is 10.4 Å². The van der Waals surface area contributed by atoms with E-state index < -0.39 is 28.6 Å². The summed E-state index contributed by atoms with van der Waals surface area (Å²) in [5.74, 6) is -2.81. The fraction of sp³-hybridized carbons (Fsp3) is 0.345. The lowest BCUT2D eigenvalue weighted by Gasteiger charge is -2.44. The van der Waals surface area contributed by atoms with Gasteiger partial charge in [0, 0.05) is 19.3 Å². The van der Waals surface area contributed by atoms with Crippen molar-refractivity contribution in [3.8, 4) is 5.75 Å². The Morgan fingerprint density at radius 1 is 0.974 bits per heavy atom. The van der Waals surface area contributed by atoms with Gasteiger partial charge < -0.3 is 20.0 Å². The minimum atomic E-state index is -1.46. The highest BCUT2D eigenvalue weighted by Gasteiger charge is 2.39. The molecule has 2 aliphatic rings. The molecule has 0 saturated heterocycles. The van der Waals surface area contributed by atoms with Gasteiger partial charge in [-0.1, -0.05) is 62.4 Å². The van der Waals surface area contributed by atoms with Gasteiger partial charge in [-0.05, 0) is 48.2 Å². The second kappa shape index (κ2) is 10.3. The van der Waals surface area contributed by atoms with E-state index in [9.17, 15) is 24.6 Å². The number of hydrogen-bond donors (Lipinski definition) is 2. The van der Waals surface area contributed by atoms with Crippen molar-refractivity contribution in [2.24, 2.45) is 0 Å². The van der Waals surface area contributed by atoms with Crippen molar-refractivity contribution < 1.29 is 19.8 Å². The maximum atomic E-state index is 13.7. The molecule has 0 unspecified atom stereocenters. The number of amides is 1. The van der Waals surface area contributed by atoms with Gasteiger partial charge in [-0.15, -0.1) is 0 Å². The lowest BCUT2D eigenvalue weighted by molar-refractivity contribution is 0.0645. The molecule has 0 radical (unpaired) electrons. The Kier molecular flexibility index (Phi) is 6.94. The van der Waals surface area contributed by atoms with E-state index in [4.69, 9.17) is 0 Å². The Balaban J connectivity index is 1.73. The first-order valence-corrected chi connectivity index (χ1v) is 13.0. The van der Waals surface area contributed by atoms with Crippen LogP contribution in [0.25, 0.3) is 0 Å². The summed E-state index contributed by atoms with van der Waals surface area (Å²) in [5, 5.41) is 22.5. The molecule has 2 aromatic carbocycles. The topological polar surface area (TPSA) is 106 Å². The van der Waals surface area contributed by atoms with E-state index >= 15 is 0 Å². The van der Waals surface area contributed by atoms with Crippen LogP contribution in [0.15, 0.2) is 59.5 Å². The average Bonchev–Trinajstić information content (AvgIpc) is 3.09. The Labute approximate surface area is 221 Å². The lowest BCUT2D eigenvalue weighted by Crippen LogP contribution is -2.57. The zero-order valence-corrected chi connectivity index (χ0v) is 21.6. The number of fused-ring (bicyclic) bond motifs is 3. The Morgan fingerprint density at radius 2 is 1.55 bits per heavy atom. The number of carbonyl (C=O) groups excluding carboxylic acids is 1. The molecule has 0 spiro atoms. The molecule has 0 atom stereocenters. The number of aryl methyl sites for hydroxylation is 2. The summed E-state index contributed by atoms with van der Waals surface area (Å²) in [5.41, 5.74) is 2.52. The largest absolute Gasteiger partial charge is 0.502 e. The number of carbonyl (C=O) groups is 2. The second-order valence-electron chi connectivity index (χ2n) is 9.70. The van der Waals surface area contributed by atoms with E-state index in [0.29, 0.717) is 13.1 Å². The Hall–Kier alpha value is -4.11. The minimum absolute atomic E-state index is 0.155. The smallest absolute Gasteiger partial charge is 0.341 e. The van der Waals surface area contributed by atoms with Crippen LogP contribution in [-0.2, 0) is 12.8 Å². The zero-order chi connectivity index (χ0) is 27.0. The molecule has 3 aromatic rings. The molecule has 1 amide bonds. The summed E-state index contributed by atoms with van der Waals surface area (Å²) in [7, 11) is 0. The third kappa shape index (κ3) is 4.32. The number of hydrogen-bond acceptors (Lipinski definition) is 6. The van der Waals surface area contributed by atoms with E-state index in [1.807, 2.05) is 29.3 Å². The maximum absolute atomic E-state index is 13.7.